The van der Waals surface area contributed by atoms with Crippen LogP contribution in [0.15, 0.2) is 54.6 Å². The van der Waals surface area contributed by atoms with Crippen molar-refractivity contribution in [3.8, 4) is 0 Å². The van der Waals surface area contributed by atoms with Gasteiger partial charge in [0.2, 0.25) is 0 Å². The van der Waals surface area contributed by atoms with Gasteiger partial charge < -0.3 is 4.74 Å². The fourth-order valence-corrected chi connectivity index (χ4v) is 3.72. The molecule has 0 bridgehead atoms. The summed E-state index contributed by atoms with van der Waals surface area (Å²) in [5, 5.41) is 2.27. The Kier molecular flexibility index (Phi) is 5.01. The van der Waals surface area contributed by atoms with Crippen molar-refractivity contribution in [1.29, 1.82) is 0 Å². The van der Waals surface area contributed by atoms with Gasteiger partial charge in [-0.3, -0.25) is 0 Å². The lowest BCUT2D eigenvalue weighted by Gasteiger charge is -2.02. The van der Waals surface area contributed by atoms with Gasteiger partial charge in [0, 0.05) is 26.1 Å². The second-order valence-corrected chi connectivity index (χ2v) is 6.75. The highest BCUT2D eigenvalue weighted by atomic mass is 35.5. The van der Waals surface area contributed by atoms with Crippen molar-refractivity contribution >= 4 is 56.7 Å². The number of carbonyl (C=O) groups is 1. The van der Waals surface area contributed by atoms with Gasteiger partial charge in [-0.25, -0.2) is 4.79 Å². The van der Waals surface area contributed by atoms with Gasteiger partial charge in [0.1, 0.15) is 6.61 Å². The predicted molar refractivity (Wildman–Crippen MR) is 97.1 cm³/mol. The number of thiophene rings is 1. The minimum atomic E-state index is -0.418. The highest BCUT2D eigenvalue weighted by Gasteiger charge is 2.08. The summed E-state index contributed by atoms with van der Waals surface area (Å²) in [6, 6.07) is 15.1. The summed E-state index contributed by atoms with van der Waals surface area (Å²) in [6.07, 6.45) is 3.08. The topological polar surface area (TPSA) is 26.3 Å². The summed E-state index contributed by atoms with van der Waals surface area (Å²) < 4.78 is 6.28. The fraction of sp³-hybridized carbons (Fsp3) is 0.0556. The van der Waals surface area contributed by atoms with Crippen LogP contribution in [0.4, 0.5) is 0 Å². The molecular weight excluding hydrogens is 351 g/mol. The van der Waals surface area contributed by atoms with Crippen molar-refractivity contribution in [3.05, 3.63) is 75.1 Å². The number of hydrogen-bond acceptors (Lipinski definition) is 3. The second kappa shape index (κ2) is 7.18. The molecule has 0 aliphatic heterocycles. The monoisotopic (exact) mass is 362 g/mol. The van der Waals surface area contributed by atoms with Crippen molar-refractivity contribution in [3.63, 3.8) is 0 Å². The van der Waals surface area contributed by atoms with Crippen LogP contribution in [0.5, 0.6) is 0 Å². The zero-order valence-corrected chi connectivity index (χ0v) is 14.3. The van der Waals surface area contributed by atoms with E-state index in [9.17, 15) is 4.79 Å². The molecule has 0 amide bonds. The molecule has 3 aromatic rings. The lowest BCUT2D eigenvalue weighted by molar-refractivity contribution is -0.138. The van der Waals surface area contributed by atoms with Crippen LogP contribution in [0, 0.1) is 0 Å². The number of rotatable bonds is 4. The number of halogens is 2. The van der Waals surface area contributed by atoms with Gasteiger partial charge >= 0.3 is 5.97 Å². The molecule has 0 N–H and O–H groups in total. The van der Waals surface area contributed by atoms with Crippen LogP contribution < -0.4 is 0 Å². The summed E-state index contributed by atoms with van der Waals surface area (Å²) >= 11 is 13.8. The van der Waals surface area contributed by atoms with Crippen LogP contribution in [0.3, 0.4) is 0 Å². The summed E-state index contributed by atoms with van der Waals surface area (Å²) in [7, 11) is 0. The number of carbonyl (C=O) groups excluding carboxylic acids is 1. The number of esters is 1. The smallest absolute Gasteiger partial charge is 0.331 e. The van der Waals surface area contributed by atoms with Gasteiger partial charge in [0.15, 0.2) is 0 Å². The first-order chi connectivity index (χ1) is 11.1. The first-order valence-electron chi connectivity index (χ1n) is 6.90. The Morgan fingerprint density at radius 1 is 1.13 bits per heavy atom. The largest absolute Gasteiger partial charge is 0.458 e. The molecule has 5 heteroatoms. The summed E-state index contributed by atoms with van der Waals surface area (Å²) in [6.45, 7) is 0.184. The SMILES string of the molecule is O=C(/C=C/c1sc2ccccc2c1Cl)OCc1cccc(Cl)c1. The third-order valence-corrected chi connectivity index (χ3v) is 5.09. The Labute approximate surface area is 147 Å². The fourth-order valence-electron chi connectivity index (χ4n) is 2.11. The van der Waals surface area contributed by atoms with Crippen molar-refractivity contribution in [1.82, 2.24) is 0 Å². The van der Waals surface area contributed by atoms with Gasteiger partial charge in [-0.1, -0.05) is 53.5 Å². The van der Waals surface area contributed by atoms with Gasteiger partial charge in [0.25, 0.3) is 0 Å². The number of ether oxygens (including phenoxy) is 1. The van der Waals surface area contributed by atoms with E-state index in [-0.39, 0.29) is 6.61 Å². The quantitative estimate of drug-likeness (QED) is 0.422. The standard InChI is InChI=1S/C18H12Cl2O2S/c19-13-5-3-4-12(10-13)11-22-17(21)9-8-16-18(20)14-6-1-2-7-15(14)23-16/h1-10H,11H2/b9-8+. The average Bonchev–Trinajstić information content (AvgIpc) is 2.88. The lowest BCUT2D eigenvalue weighted by Crippen LogP contribution is -2.00. The number of fused-ring (bicyclic) bond motifs is 1. The van der Waals surface area contributed by atoms with Gasteiger partial charge in [0.05, 0.1) is 5.02 Å². The van der Waals surface area contributed by atoms with Crippen LogP contribution >= 0.6 is 34.5 Å². The van der Waals surface area contributed by atoms with E-state index in [0.29, 0.717) is 10.0 Å². The molecule has 1 aromatic heterocycles. The molecule has 3 rings (SSSR count). The molecule has 0 saturated heterocycles. The normalized spacial score (nSPS) is 11.2. The van der Waals surface area contributed by atoms with Crippen molar-refractivity contribution in [2.75, 3.05) is 0 Å². The Morgan fingerprint density at radius 2 is 1.96 bits per heavy atom. The molecule has 0 atom stereocenters. The van der Waals surface area contributed by atoms with Gasteiger partial charge in [-0.15, -0.1) is 11.3 Å². The van der Waals surface area contributed by atoms with E-state index >= 15 is 0 Å². The van der Waals surface area contributed by atoms with E-state index in [1.165, 1.54) is 17.4 Å². The molecule has 0 radical (unpaired) electrons. The molecule has 0 fully saturated rings. The minimum Gasteiger partial charge on any atom is -0.458 e. The summed E-state index contributed by atoms with van der Waals surface area (Å²) in [4.78, 5) is 12.7. The zero-order valence-electron chi connectivity index (χ0n) is 12.0. The predicted octanol–water partition coefficient (Wildman–Crippen LogP) is 5.96. The Morgan fingerprint density at radius 3 is 2.74 bits per heavy atom. The maximum atomic E-state index is 11.8. The van der Waals surface area contributed by atoms with Crippen molar-refractivity contribution < 1.29 is 9.53 Å². The average molecular weight is 363 g/mol. The van der Waals surface area contributed by atoms with E-state index in [1.807, 2.05) is 36.4 Å². The third-order valence-electron chi connectivity index (χ3n) is 3.20. The molecule has 0 unspecified atom stereocenters. The first-order valence-corrected chi connectivity index (χ1v) is 8.47. The van der Waals surface area contributed by atoms with Crippen LogP contribution in [-0.4, -0.2) is 5.97 Å². The van der Waals surface area contributed by atoms with E-state index in [0.717, 1.165) is 20.5 Å². The molecule has 0 aliphatic rings. The molecule has 23 heavy (non-hydrogen) atoms. The number of hydrogen-bond donors (Lipinski definition) is 0. The van der Waals surface area contributed by atoms with Crippen molar-refractivity contribution in [2.45, 2.75) is 6.61 Å². The third kappa shape index (κ3) is 3.94. The highest BCUT2D eigenvalue weighted by Crippen LogP contribution is 2.35. The van der Waals surface area contributed by atoms with Gasteiger partial charge in [-0.2, -0.15) is 0 Å². The van der Waals surface area contributed by atoms with Crippen LogP contribution in [0.2, 0.25) is 10.0 Å². The highest BCUT2D eigenvalue weighted by molar-refractivity contribution is 7.20. The van der Waals surface area contributed by atoms with Gasteiger partial charge in [-0.05, 0) is 29.8 Å². The first kappa shape index (κ1) is 16.1. The Hall–Kier alpha value is -1.81. The minimum absolute atomic E-state index is 0.184. The van der Waals surface area contributed by atoms with Crippen LogP contribution in [-0.2, 0) is 16.1 Å². The summed E-state index contributed by atoms with van der Waals surface area (Å²) in [5.41, 5.74) is 0.846. The van der Waals surface area contributed by atoms with Crippen LogP contribution in [0.1, 0.15) is 10.4 Å². The maximum absolute atomic E-state index is 11.8. The molecular formula is C18H12Cl2O2S. The molecule has 0 aliphatic carbocycles. The molecule has 116 valence electrons. The van der Waals surface area contributed by atoms with Crippen molar-refractivity contribution in [2.24, 2.45) is 0 Å². The summed E-state index contributed by atoms with van der Waals surface area (Å²) in [5.74, 6) is -0.418. The van der Waals surface area contributed by atoms with E-state index < -0.39 is 5.97 Å². The Bertz CT molecular complexity index is 884. The number of benzene rings is 2. The maximum Gasteiger partial charge on any atom is 0.331 e. The molecule has 0 spiro atoms. The zero-order chi connectivity index (χ0) is 16.2. The second-order valence-electron chi connectivity index (χ2n) is 4.85. The molecule has 2 nitrogen and oxygen atoms in total. The molecule has 0 saturated carbocycles. The van der Waals surface area contributed by atoms with Crippen LogP contribution in [0.25, 0.3) is 16.2 Å². The molecule has 2 aromatic carbocycles. The lowest BCUT2D eigenvalue weighted by atomic mass is 10.2. The Balaban J connectivity index is 1.67. The molecule has 1 heterocycles. The van der Waals surface area contributed by atoms with E-state index in [2.05, 4.69) is 0 Å². The van der Waals surface area contributed by atoms with E-state index in [4.69, 9.17) is 27.9 Å². The van der Waals surface area contributed by atoms with E-state index in [1.54, 1.807) is 18.2 Å².